The van der Waals surface area contributed by atoms with Crippen LogP contribution in [-0.2, 0) is 6.42 Å². The molecule has 0 unspecified atom stereocenters. The first-order chi connectivity index (χ1) is 18.0. The Kier molecular flexibility index (Phi) is 6.98. The van der Waals surface area contributed by atoms with Crippen molar-refractivity contribution < 1.29 is 18.4 Å². The van der Waals surface area contributed by atoms with E-state index in [-0.39, 0.29) is 23.2 Å². The molecule has 37 heavy (non-hydrogen) atoms. The Morgan fingerprint density at radius 3 is 2.35 bits per heavy atom. The van der Waals surface area contributed by atoms with Crippen LogP contribution in [0.1, 0.15) is 33.3 Å². The Morgan fingerprint density at radius 2 is 1.65 bits per heavy atom. The average molecular weight is 499 g/mol. The Labute approximate surface area is 214 Å². The van der Waals surface area contributed by atoms with Gasteiger partial charge in [0, 0.05) is 43.1 Å². The van der Waals surface area contributed by atoms with Gasteiger partial charge in [-0.15, -0.1) is 0 Å². The fourth-order valence-electron chi connectivity index (χ4n) is 4.47. The first-order valence-corrected chi connectivity index (χ1v) is 12.3. The number of hydrogen-bond acceptors (Lipinski definition) is 5. The zero-order valence-electron chi connectivity index (χ0n) is 20.5. The standard InChI is InChI=1S/C29H27FN4O3/c1-2-20-7-11-22(12-8-20)32-28(35)26-27(37-19-31-26)24-5-3-4-6-25(24)29(36)34-17-15-33(16-18-34)23-13-9-21(30)10-14-23/h3-14,19H,2,15-18H2,1H3,(H,32,35). The lowest BCUT2D eigenvalue weighted by Crippen LogP contribution is -2.48. The number of anilines is 2. The van der Waals surface area contributed by atoms with E-state index in [0.29, 0.717) is 43.0 Å². The van der Waals surface area contributed by atoms with E-state index in [4.69, 9.17) is 4.42 Å². The molecule has 1 saturated heterocycles. The van der Waals surface area contributed by atoms with Crippen LogP contribution in [0.2, 0.25) is 0 Å². The summed E-state index contributed by atoms with van der Waals surface area (Å²) in [5.74, 6) is -0.587. The molecule has 0 aliphatic carbocycles. The number of halogens is 1. The number of benzene rings is 3. The van der Waals surface area contributed by atoms with E-state index < -0.39 is 5.91 Å². The molecule has 1 aliphatic rings. The number of oxazole rings is 1. The van der Waals surface area contributed by atoms with Crippen molar-refractivity contribution >= 4 is 23.2 Å². The molecule has 1 aliphatic heterocycles. The van der Waals surface area contributed by atoms with Crippen molar-refractivity contribution in [3.8, 4) is 11.3 Å². The topological polar surface area (TPSA) is 78.7 Å². The minimum absolute atomic E-state index is 0.112. The lowest BCUT2D eigenvalue weighted by Gasteiger charge is -2.36. The van der Waals surface area contributed by atoms with Crippen LogP contribution in [-0.4, -0.2) is 47.9 Å². The van der Waals surface area contributed by atoms with Gasteiger partial charge in [0.15, 0.2) is 17.8 Å². The number of amides is 2. The van der Waals surface area contributed by atoms with Crippen LogP contribution in [0.25, 0.3) is 11.3 Å². The van der Waals surface area contributed by atoms with Crippen molar-refractivity contribution in [3.63, 3.8) is 0 Å². The van der Waals surface area contributed by atoms with E-state index in [1.165, 1.54) is 24.1 Å². The molecule has 188 valence electrons. The minimum atomic E-state index is -0.414. The molecular formula is C29H27FN4O3. The number of aromatic nitrogens is 1. The Morgan fingerprint density at radius 1 is 0.946 bits per heavy atom. The van der Waals surface area contributed by atoms with Gasteiger partial charge in [-0.25, -0.2) is 9.37 Å². The third kappa shape index (κ3) is 5.23. The summed E-state index contributed by atoms with van der Waals surface area (Å²) in [5, 5.41) is 2.86. The summed E-state index contributed by atoms with van der Waals surface area (Å²) in [4.78, 5) is 34.6. The molecule has 5 rings (SSSR count). The van der Waals surface area contributed by atoms with Crippen LogP contribution in [0.4, 0.5) is 15.8 Å². The fourth-order valence-corrected chi connectivity index (χ4v) is 4.47. The van der Waals surface area contributed by atoms with Crippen LogP contribution in [0.3, 0.4) is 0 Å². The third-order valence-corrected chi connectivity index (χ3v) is 6.56. The molecule has 0 radical (unpaired) electrons. The number of hydrogen-bond donors (Lipinski definition) is 1. The lowest BCUT2D eigenvalue weighted by atomic mass is 10.0. The summed E-state index contributed by atoms with van der Waals surface area (Å²) < 4.78 is 18.9. The van der Waals surface area contributed by atoms with Crippen molar-refractivity contribution in [1.29, 1.82) is 0 Å². The van der Waals surface area contributed by atoms with Gasteiger partial charge in [0.2, 0.25) is 0 Å². The number of carbonyl (C=O) groups is 2. The minimum Gasteiger partial charge on any atom is -0.443 e. The first-order valence-electron chi connectivity index (χ1n) is 12.3. The van der Waals surface area contributed by atoms with E-state index in [2.05, 4.69) is 22.1 Å². The fraction of sp³-hybridized carbons (Fsp3) is 0.207. The molecule has 2 heterocycles. The summed E-state index contributed by atoms with van der Waals surface area (Å²) in [6.45, 7) is 4.36. The quantitative estimate of drug-likeness (QED) is 0.393. The maximum atomic E-state index is 13.5. The molecule has 3 aromatic carbocycles. The van der Waals surface area contributed by atoms with E-state index in [9.17, 15) is 14.0 Å². The summed E-state index contributed by atoms with van der Waals surface area (Å²) in [5.41, 5.74) is 3.82. The summed E-state index contributed by atoms with van der Waals surface area (Å²) in [6, 6.07) is 21.1. The lowest BCUT2D eigenvalue weighted by molar-refractivity contribution is 0.0747. The maximum Gasteiger partial charge on any atom is 0.278 e. The molecule has 1 aromatic heterocycles. The molecule has 0 atom stereocenters. The Bertz CT molecular complexity index is 1390. The molecular weight excluding hydrogens is 471 g/mol. The molecule has 8 heteroatoms. The van der Waals surface area contributed by atoms with E-state index in [1.807, 2.05) is 24.3 Å². The first kappa shape index (κ1) is 24.2. The number of rotatable bonds is 6. The van der Waals surface area contributed by atoms with Crippen molar-refractivity contribution in [2.75, 3.05) is 36.4 Å². The van der Waals surface area contributed by atoms with E-state index >= 15 is 0 Å². The second-order valence-electron chi connectivity index (χ2n) is 8.84. The maximum absolute atomic E-state index is 13.5. The van der Waals surface area contributed by atoms with E-state index in [0.717, 1.165) is 12.1 Å². The molecule has 1 fully saturated rings. The normalized spacial score (nSPS) is 13.5. The largest absolute Gasteiger partial charge is 0.443 e. The number of nitrogens with one attached hydrogen (secondary N) is 1. The van der Waals surface area contributed by atoms with Gasteiger partial charge < -0.3 is 19.5 Å². The Hall–Kier alpha value is -4.46. The van der Waals surface area contributed by atoms with Crippen LogP contribution < -0.4 is 10.2 Å². The Balaban J connectivity index is 1.32. The monoisotopic (exact) mass is 498 g/mol. The third-order valence-electron chi connectivity index (χ3n) is 6.56. The van der Waals surface area contributed by atoms with Crippen molar-refractivity contribution in [2.45, 2.75) is 13.3 Å². The summed E-state index contributed by atoms with van der Waals surface area (Å²) in [7, 11) is 0. The van der Waals surface area contributed by atoms with Gasteiger partial charge in [0.1, 0.15) is 5.82 Å². The van der Waals surface area contributed by atoms with Gasteiger partial charge in [0.05, 0.1) is 5.56 Å². The highest BCUT2D eigenvalue weighted by Crippen LogP contribution is 2.29. The highest BCUT2D eigenvalue weighted by atomic mass is 19.1. The summed E-state index contributed by atoms with van der Waals surface area (Å²) in [6.07, 6.45) is 2.13. The van der Waals surface area contributed by atoms with Crippen LogP contribution in [0, 0.1) is 5.82 Å². The molecule has 2 amide bonds. The highest BCUT2D eigenvalue weighted by Gasteiger charge is 2.27. The predicted octanol–water partition coefficient (Wildman–Crippen LogP) is 5.26. The number of piperazine rings is 1. The average Bonchev–Trinajstić information content (AvgIpc) is 3.44. The second kappa shape index (κ2) is 10.7. The van der Waals surface area contributed by atoms with Crippen molar-refractivity contribution in [1.82, 2.24) is 9.88 Å². The molecule has 0 spiro atoms. The second-order valence-corrected chi connectivity index (χ2v) is 8.84. The van der Waals surface area contributed by atoms with Crippen LogP contribution in [0.15, 0.2) is 83.6 Å². The molecule has 7 nitrogen and oxygen atoms in total. The van der Waals surface area contributed by atoms with Gasteiger partial charge in [-0.1, -0.05) is 37.3 Å². The molecule has 0 bridgehead atoms. The highest BCUT2D eigenvalue weighted by molar-refractivity contribution is 6.08. The summed E-state index contributed by atoms with van der Waals surface area (Å²) >= 11 is 0. The number of carbonyl (C=O) groups excluding carboxylic acids is 2. The van der Waals surface area contributed by atoms with Crippen LogP contribution >= 0.6 is 0 Å². The SMILES string of the molecule is CCc1ccc(NC(=O)c2ncoc2-c2ccccc2C(=O)N2CCN(c3ccc(F)cc3)CC2)cc1. The predicted molar refractivity (Wildman–Crippen MR) is 140 cm³/mol. The van der Waals surface area contributed by atoms with Crippen molar-refractivity contribution in [2.24, 2.45) is 0 Å². The smallest absolute Gasteiger partial charge is 0.278 e. The zero-order chi connectivity index (χ0) is 25.8. The van der Waals surface area contributed by atoms with Gasteiger partial charge in [0.25, 0.3) is 11.8 Å². The molecule has 4 aromatic rings. The van der Waals surface area contributed by atoms with Crippen molar-refractivity contribution in [3.05, 3.63) is 102 Å². The zero-order valence-corrected chi connectivity index (χ0v) is 20.5. The van der Waals surface area contributed by atoms with Gasteiger partial charge >= 0.3 is 0 Å². The number of nitrogens with zero attached hydrogens (tertiary/aromatic N) is 3. The number of aryl methyl sites for hydroxylation is 1. The van der Waals surface area contributed by atoms with Gasteiger partial charge in [-0.05, 0) is 54.4 Å². The van der Waals surface area contributed by atoms with E-state index in [1.54, 1.807) is 41.3 Å². The van der Waals surface area contributed by atoms with Gasteiger partial charge in [-0.3, -0.25) is 9.59 Å². The van der Waals surface area contributed by atoms with Crippen LogP contribution in [0.5, 0.6) is 0 Å². The molecule has 0 saturated carbocycles. The van der Waals surface area contributed by atoms with Gasteiger partial charge in [-0.2, -0.15) is 0 Å². The molecule has 1 N–H and O–H groups in total.